The maximum Gasteiger partial charge on any atom is 0.248 e. The van der Waals surface area contributed by atoms with Crippen molar-refractivity contribution < 1.29 is 4.79 Å². The normalized spacial score (nSPS) is 10.7. The van der Waals surface area contributed by atoms with Gasteiger partial charge in [0.1, 0.15) is 0 Å². The van der Waals surface area contributed by atoms with Gasteiger partial charge >= 0.3 is 0 Å². The molecule has 0 bridgehead atoms. The van der Waals surface area contributed by atoms with Gasteiger partial charge in [-0.1, -0.05) is 24.3 Å². The molecule has 4 rings (SSSR count). The van der Waals surface area contributed by atoms with Gasteiger partial charge in [-0.25, -0.2) is 0 Å². The van der Waals surface area contributed by atoms with Crippen LogP contribution < -0.4 is 11.5 Å². The molecule has 0 aliphatic heterocycles. The predicted molar refractivity (Wildman–Crippen MR) is 111 cm³/mol. The highest BCUT2D eigenvalue weighted by Gasteiger charge is 2.12. The molecule has 0 atom stereocenters. The van der Waals surface area contributed by atoms with Crippen LogP contribution in [0, 0.1) is 11.3 Å². The van der Waals surface area contributed by atoms with Crippen LogP contribution in [0.4, 0.5) is 5.69 Å². The lowest BCUT2D eigenvalue weighted by Crippen LogP contribution is -2.10. The van der Waals surface area contributed by atoms with Crippen LogP contribution in [0.3, 0.4) is 0 Å². The van der Waals surface area contributed by atoms with Crippen LogP contribution in [0.25, 0.3) is 22.0 Å². The van der Waals surface area contributed by atoms with Gasteiger partial charge in [-0.05, 0) is 53.6 Å². The Labute approximate surface area is 162 Å². The van der Waals surface area contributed by atoms with E-state index in [4.69, 9.17) is 11.5 Å². The van der Waals surface area contributed by atoms with E-state index in [0.717, 1.165) is 27.6 Å². The van der Waals surface area contributed by atoms with Crippen molar-refractivity contribution in [2.24, 2.45) is 5.73 Å². The summed E-state index contributed by atoms with van der Waals surface area (Å²) in [6, 6.07) is 22.9. The average Bonchev–Trinajstić information content (AvgIpc) is 3.06. The van der Waals surface area contributed by atoms with Crippen molar-refractivity contribution in [1.29, 1.82) is 5.26 Å². The third kappa shape index (κ3) is 3.19. The van der Waals surface area contributed by atoms with Crippen LogP contribution in [-0.4, -0.2) is 10.5 Å². The predicted octanol–water partition coefficient (Wildman–Crippen LogP) is 3.91. The van der Waals surface area contributed by atoms with Gasteiger partial charge in [0, 0.05) is 40.5 Å². The summed E-state index contributed by atoms with van der Waals surface area (Å²) in [5.74, 6) is -0.439. The van der Waals surface area contributed by atoms with Gasteiger partial charge in [0.25, 0.3) is 0 Å². The molecule has 4 N–H and O–H groups in total. The summed E-state index contributed by atoms with van der Waals surface area (Å²) in [5, 5.41) is 10.3. The first kappa shape index (κ1) is 17.4. The van der Waals surface area contributed by atoms with Gasteiger partial charge in [-0.15, -0.1) is 0 Å². The highest BCUT2D eigenvalue weighted by atomic mass is 16.1. The molecule has 4 aromatic rings. The summed E-state index contributed by atoms with van der Waals surface area (Å²) in [6.45, 7) is 0.629. The number of carbonyl (C=O) groups is 1. The lowest BCUT2D eigenvalue weighted by atomic mass is 10.0. The summed E-state index contributed by atoms with van der Waals surface area (Å²) in [6.07, 6.45) is 2.07. The Morgan fingerprint density at radius 3 is 2.50 bits per heavy atom. The maximum absolute atomic E-state index is 11.3. The lowest BCUT2D eigenvalue weighted by molar-refractivity contribution is 0.100. The molecular formula is C23H18N4O. The SMILES string of the molecule is N#Cc1ccc2c(c1)c(-c1cccc(N)c1)cn2Cc1ccc(C(N)=O)cc1. The smallest absolute Gasteiger partial charge is 0.248 e. The monoisotopic (exact) mass is 366 g/mol. The Morgan fingerprint density at radius 1 is 1.04 bits per heavy atom. The van der Waals surface area contributed by atoms with Crippen LogP contribution >= 0.6 is 0 Å². The number of hydrogen-bond acceptors (Lipinski definition) is 3. The molecule has 5 heteroatoms. The fraction of sp³-hybridized carbons (Fsp3) is 0.0435. The molecule has 1 amide bonds. The van der Waals surface area contributed by atoms with Crippen molar-refractivity contribution in [2.75, 3.05) is 5.73 Å². The lowest BCUT2D eigenvalue weighted by Gasteiger charge is -2.06. The number of nitrogen functional groups attached to an aromatic ring is 1. The number of fused-ring (bicyclic) bond motifs is 1. The molecule has 0 radical (unpaired) electrons. The van der Waals surface area contributed by atoms with Crippen molar-refractivity contribution >= 4 is 22.5 Å². The summed E-state index contributed by atoms with van der Waals surface area (Å²) < 4.78 is 2.13. The van der Waals surface area contributed by atoms with Crippen molar-refractivity contribution in [2.45, 2.75) is 6.54 Å². The zero-order chi connectivity index (χ0) is 19.7. The number of hydrogen-bond donors (Lipinski definition) is 2. The number of amides is 1. The molecule has 1 aromatic heterocycles. The first-order valence-corrected chi connectivity index (χ1v) is 8.83. The molecular weight excluding hydrogens is 348 g/mol. The van der Waals surface area contributed by atoms with Crippen molar-refractivity contribution in [1.82, 2.24) is 4.57 Å². The van der Waals surface area contributed by atoms with Gasteiger partial charge < -0.3 is 16.0 Å². The number of carbonyl (C=O) groups excluding carboxylic acids is 1. The summed E-state index contributed by atoms with van der Waals surface area (Å²) >= 11 is 0. The third-order valence-electron chi connectivity index (χ3n) is 4.80. The van der Waals surface area contributed by atoms with E-state index in [1.807, 2.05) is 54.6 Å². The second-order valence-corrected chi connectivity index (χ2v) is 6.70. The first-order valence-electron chi connectivity index (χ1n) is 8.83. The molecule has 0 aliphatic carbocycles. The van der Waals surface area contributed by atoms with E-state index in [1.165, 1.54) is 0 Å². The van der Waals surface area contributed by atoms with Crippen LogP contribution in [0.15, 0.2) is 72.9 Å². The summed E-state index contributed by atoms with van der Waals surface area (Å²) in [4.78, 5) is 11.3. The molecule has 136 valence electrons. The minimum absolute atomic E-state index is 0.439. The molecule has 28 heavy (non-hydrogen) atoms. The molecule has 5 nitrogen and oxygen atoms in total. The van der Waals surface area contributed by atoms with Crippen molar-refractivity contribution in [3.63, 3.8) is 0 Å². The van der Waals surface area contributed by atoms with E-state index in [9.17, 15) is 10.1 Å². The van der Waals surface area contributed by atoms with E-state index in [1.54, 1.807) is 12.1 Å². The zero-order valence-corrected chi connectivity index (χ0v) is 15.1. The number of benzene rings is 3. The number of primary amides is 1. The highest BCUT2D eigenvalue weighted by Crippen LogP contribution is 2.32. The van der Waals surface area contributed by atoms with Crippen molar-refractivity contribution in [3.8, 4) is 17.2 Å². The molecule has 0 saturated carbocycles. The molecule has 0 saturated heterocycles. The largest absolute Gasteiger partial charge is 0.399 e. The molecule has 3 aromatic carbocycles. The van der Waals surface area contributed by atoms with Gasteiger partial charge in [0.2, 0.25) is 5.91 Å². The highest BCUT2D eigenvalue weighted by molar-refractivity contribution is 5.97. The Morgan fingerprint density at radius 2 is 1.82 bits per heavy atom. The van der Waals surface area contributed by atoms with Crippen LogP contribution in [-0.2, 0) is 6.54 Å². The number of aromatic nitrogens is 1. The van der Waals surface area contributed by atoms with E-state index in [0.29, 0.717) is 23.4 Å². The number of anilines is 1. The Kier molecular flexibility index (Phi) is 4.30. The second-order valence-electron chi connectivity index (χ2n) is 6.70. The van der Waals surface area contributed by atoms with Gasteiger partial charge in [0.05, 0.1) is 11.6 Å². The van der Waals surface area contributed by atoms with E-state index in [2.05, 4.69) is 16.8 Å². The number of nitrogens with zero attached hydrogens (tertiary/aromatic N) is 2. The Hall–Kier alpha value is -4.04. The van der Waals surface area contributed by atoms with E-state index >= 15 is 0 Å². The minimum Gasteiger partial charge on any atom is -0.399 e. The van der Waals surface area contributed by atoms with Gasteiger partial charge in [0.15, 0.2) is 0 Å². The van der Waals surface area contributed by atoms with Crippen LogP contribution in [0.5, 0.6) is 0 Å². The second kappa shape index (κ2) is 6.93. The third-order valence-corrected chi connectivity index (χ3v) is 4.80. The number of rotatable bonds is 4. The molecule has 1 heterocycles. The first-order chi connectivity index (χ1) is 13.5. The molecule has 0 unspecified atom stereocenters. The molecule has 0 aliphatic rings. The fourth-order valence-electron chi connectivity index (χ4n) is 3.40. The van der Waals surface area contributed by atoms with Crippen molar-refractivity contribution in [3.05, 3.63) is 89.6 Å². The topological polar surface area (TPSA) is 97.8 Å². The summed E-state index contributed by atoms with van der Waals surface area (Å²) in [7, 11) is 0. The van der Waals surface area contributed by atoms with E-state index in [-0.39, 0.29) is 0 Å². The van der Waals surface area contributed by atoms with E-state index < -0.39 is 5.91 Å². The summed E-state index contributed by atoms with van der Waals surface area (Å²) in [5.41, 5.74) is 17.2. The van der Waals surface area contributed by atoms with Crippen LogP contribution in [0.1, 0.15) is 21.5 Å². The Balaban J connectivity index is 1.82. The fourth-order valence-corrected chi connectivity index (χ4v) is 3.40. The molecule has 0 fully saturated rings. The van der Waals surface area contributed by atoms with Crippen LogP contribution in [0.2, 0.25) is 0 Å². The Bertz CT molecular complexity index is 1230. The molecule has 0 spiro atoms. The average molecular weight is 366 g/mol. The zero-order valence-electron chi connectivity index (χ0n) is 15.1. The van der Waals surface area contributed by atoms with Gasteiger partial charge in [-0.3, -0.25) is 4.79 Å². The maximum atomic E-state index is 11.3. The number of nitriles is 1. The van der Waals surface area contributed by atoms with Gasteiger partial charge in [-0.2, -0.15) is 5.26 Å². The standard InChI is InChI=1S/C23H18N4O/c24-12-16-6-9-22-20(10-16)21(18-2-1-3-19(25)11-18)14-27(22)13-15-4-7-17(8-5-15)23(26)28/h1-11,14H,13,25H2,(H2,26,28). The minimum atomic E-state index is -0.439. The number of nitrogens with two attached hydrogens (primary N) is 2. The quantitative estimate of drug-likeness (QED) is 0.536.